The number of nitrogens with zero attached hydrogens (tertiary/aromatic N) is 1. The van der Waals surface area contributed by atoms with Crippen LogP contribution in [-0.2, 0) is 16.1 Å². The second kappa shape index (κ2) is 8.16. The minimum Gasteiger partial charge on any atom is -0.482 e. The lowest BCUT2D eigenvalue weighted by Crippen LogP contribution is -2.15. The molecule has 0 spiro atoms. The smallest absolute Gasteiger partial charge is 0.344 e. The fourth-order valence-electron chi connectivity index (χ4n) is 2.46. The number of carbonyl (C=O) groups is 1. The maximum absolute atomic E-state index is 11.8. The molecule has 0 fully saturated rings. The summed E-state index contributed by atoms with van der Waals surface area (Å²) in [5.41, 5.74) is 3.73. The second-order valence-corrected chi connectivity index (χ2v) is 5.93. The maximum Gasteiger partial charge on any atom is 0.344 e. The normalized spacial score (nSPS) is 10.3. The summed E-state index contributed by atoms with van der Waals surface area (Å²) < 4.78 is 10.7. The molecular formula is C20H21NO3. The van der Waals surface area contributed by atoms with Gasteiger partial charge in [0.2, 0.25) is 0 Å². The van der Waals surface area contributed by atoms with Crippen molar-refractivity contribution in [2.75, 3.05) is 6.61 Å². The average Bonchev–Trinajstić information content (AvgIpc) is 2.58. The van der Waals surface area contributed by atoms with Crippen LogP contribution in [0.1, 0.15) is 42.0 Å². The highest BCUT2D eigenvalue weighted by Gasteiger charge is 2.08. The van der Waals surface area contributed by atoms with Crippen molar-refractivity contribution in [3.63, 3.8) is 0 Å². The van der Waals surface area contributed by atoms with E-state index in [9.17, 15) is 4.79 Å². The predicted molar refractivity (Wildman–Crippen MR) is 91.7 cm³/mol. The Kier molecular flexibility index (Phi) is 5.97. The van der Waals surface area contributed by atoms with E-state index in [1.165, 1.54) is 5.56 Å². The Morgan fingerprint density at radius 1 is 1.21 bits per heavy atom. The lowest BCUT2D eigenvalue weighted by molar-refractivity contribution is -0.147. The molecule has 0 saturated heterocycles. The van der Waals surface area contributed by atoms with Crippen LogP contribution in [0.4, 0.5) is 0 Å². The van der Waals surface area contributed by atoms with Crippen molar-refractivity contribution < 1.29 is 14.3 Å². The Hall–Kier alpha value is -2.80. The number of rotatable bonds is 6. The van der Waals surface area contributed by atoms with E-state index in [0.717, 1.165) is 11.1 Å². The molecule has 0 radical (unpaired) electrons. The molecule has 0 N–H and O–H groups in total. The summed E-state index contributed by atoms with van der Waals surface area (Å²) in [5.74, 6) is 0.663. The molecule has 0 saturated carbocycles. The van der Waals surface area contributed by atoms with Gasteiger partial charge in [-0.3, -0.25) is 0 Å². The summed E-state index contributed by atoms with van der Waals surface area (Å²) in [6.07, 6.45) is 0. The third-order valence-corrected chi connectivity index (χ3v) is 3.68. The van der Waals surface area contributed by atoms with Gasteiger partial charge in [0.15, 0.2) is 6.61 Å². The molecule has 4 heteroatoms. The van der Waals surface area contributed by atoms with E-state index in [1.807, 2.05) is 31.2 Å². The minimum absolute atomic E-state index is 0.128. The Morgan fingerprint density at radius 3 is 2.67 bits per heavy atom. The van der Waals surface area contributed by atoms with Crippen LogP contribution >= 0.6 is 0 Å². The lowest BCUT2D eigenvalue weighted by Gasteiger charge is -2.12. The van der Waals surface area contributed by atoms with Gasteiger partial charge in [-0.25, -0.2) is 4.79 Å². The summed E-state index contributed by atoms with van der Waals surface area (Å²) in [5, 5.41) is 8.85. The van der Waals surface area contributed by atoms with Crippen molar-refractivity contribution in [1.82, 2.24) is 0 Å². The van der Waals surface area contributed by atoms with E-state index in [-0.39, 0.29) is 13.2 Å². The molecule has 0 aromatic heterocycles. The Morgan fingerprint density at radius 2 is 2.00 bits per heavy atom. The molecule has 4 nitrogen and oxygen atoms in total. The molecule has 0 unspecified atom stereocenters. The average molecular weight is 323 g/mol. The van der Waals surface area contributed by atoms with E-state index in [0.29, 0.717) is 17.2 Å². The molecule has 0 aliphatic carbocycles. The van der Waals surface area contributed by atoms with Crippen LogP contribution in [-0.4, -0.2) is 12.6 Å². The van der Waals surface area contributed by atoms with Gasteiger partial charge in [-0.05, 0) is 53.8 Å². The van der Waals surface area contributed by atoms with E-state index in [4.69, 9.17) is 14.7 Å². The standard InChI is InChI=1S/C20H21NO3/c1-14(2)19-8-7-18(9-15(19)3)23-13-20(22)24-12-17-6-4-5-16(10-17)11-21/h4-10,14H,12-13H2,1-3H3. The number of carbonyl (C=O) groups excluding carboxylic acids is 1. The van der Waals surface area contributed by atoms with Crippen LogP contribution in [0.3, 0.4) is 0 Å². The maximum atomic E-state index is 11.8. The predicted octanol–water partition coefficient (Wildman–Crippen LogP) is 4.11. The highest BCUT2D eigenvalue weighted by Crippen LogP contribution is 2.23. The van der Waals surface area contributed by atoms with Crippen molar-refractivity contribution in [2.24, 2.45) is 0 Å². The van der Waals surface area contributed by atoms with E-state index in [1.54, 1.807) is 18.2 Å². The molecule has 0 amide bonds. The summed E-state index contributed by atoms with van der Waals surface area (Å²) in [6.45, 7) is 6.30. The molecule has 2 rings (SSSR count). The van der Waals surface area contributed by atoms with E-state index >= 15 is 0 Å². The summed E-state index contributed by atoms with van der Waals surface area (Å²) >= 11 is 0. The number of ether oxygens (including phenoxy) is 2. The van der Waals surface area contributed by atoms with Gasteiger partial charge in [-0.15, -0.1) is 0 Å². The molecule has 0 aliphatic heterocycles. The fourth-order valence-corrected chi connectivity index (χ4v) is 2.46. The lowest BCUT2D eigenvalue weighted by atomic mass is 9.98. The largest absolute Gasteiger partial charge is 0.482 e. The van der Waals surface area contributed by atoms with Gasteiger partial charge in [0, 0.05) is 0 Å². The topological polar surface area (TPSA) is 59.3 Å². The molecule has 0 bridgehead atoms. The van der Waals surface area contributed by atoms with Gasteiger partial charge >= 0.3 is 5.97 Å². The summed E-state index contributed by atoms with van der Waals surface area (Å²) in [4.78, 5) is 11.8. The van der Waals surface area contributed by atoms with Crippen LogP contribution in [0.2, 0.25) is 0 Å². The summed E-state index contributed by atoms with van der Waals surface area (Å²) in [7, 11) is 0. The summed E-state index contributed by atoms with van der Waals surface area (Å²) in [6, 6.07) is 14.8. The number of hydrogen-bond acceptors (Lipinski definition) is 4. The van der Waals surface area contributed by atoms with Crippen LogP contribution in [0.25, 0.3) is 0 Å². The molecule has 0 heterocycles. The van der Waals surface area contributed by atoms with Crippen LogP contribution in [0.15, 0.2) is 42.5 Å². The highest BCUT2D eigenvalue weighted by atomic mass is 16.6. The van der Waals surface area contributed by atoms with E-state index < -0.39 is 5.97 Å². The monoisotopic (exact) mass is 323 g/mol. The van der Waals surface area contributed by atoms with Gasteiger partial charge in [0.05, 0.1) is 11.6 Å². The Balaban J connectivity index is 1.85. The SMILES string of the molecule is Cc1cc(OCC(=O)OCc2cccc(C#N)c2)ccc1C(C)C. The number of aryl methyl sites for hydroxylation is 1. The third-order valence-electron chi connectivity index (χ3n) is 3.68. The van der Waals surface area contributed by atoms with Crippen molar-refractivity contribution in [3.8, 4) is 11.8 Å². The van der Waals surface area contributed by atoms with Crippen LogP contribution in [0, 0.1) is 18.3 Å². The zero-order valence-corrected chi connectivity index (χ0v) is 14.2. The Bertz CT molecular complexity index is 760. The molecule has 2 aromatic carbocycles. The van der Waals surface area contributed by atoms with Crippen LogP contribution < -0.4 is 4.74 Å². The van der Waals surface area contributed by atoms with Gasteiger partial charge in [0.25, 0.3) is 0 Å². The van der Waals surface area contributed by atoms with Gasteiger partial charge < -0.3 is 9.47 Å². The number of hydrogen-bond donors (Lipinski definition) is 0. The highest BCUT2D eigenvalue weighted by molar-refractivity contribution is 5.71. The first-order valence-corrected chi connectivity index (χ1v) is 7.87. The third kappa shape index (κ3) is 4.85. The molecule has 0 atom stereocenters. The molecular weight excluding hydrogens is 302 g/mol. The van der Waals surface area contributed by atoms with Gasteiger partial charge in [-0.1, -0.05) is 32.0 Å². The van der Waals surface area contributed by atoms with Crippen molar-refractivity contribution in [3.05, 3.63) is 64.7 Å². The van der Waals surface area contributed by atoms with Crippen molar-refractivity contribution >= 4 is 5.97 Å². The molecule has 24 heavy (non-hydrogen) atoms. The van der Waals surface area contributed by atoms with E-state index in [2.05, 4.69) is 19.9 Å². The first-order chi connectivity index (χ1) is 11.5. The second-order valence-electron chi connectivity index (χ2n) is 5.93. The first kappa shape index (κ1) is 17.6. The Labute approximate surface area is 142 Å². The molecule has 0 aliphatic rings. The van der Waals surface area contributed by atoms with Gasteiger partial charge in [0.1, 0.15) is 12.4 Å². The fraction of sp³-hybridized carbons (Fsp3) is 0.300. The first-order valence-electron chi connectivity index (χ1n) is 7.87. The number of benzene rings is 2. The van der Waals surface area contributed by atoms with Crippen LogP contribution in [0.5, 0.6) is 5.75 Å². The molecule has 2 aromatic rings. The zero-order chi connectivity index (χ0) is 17.5. The van der Waals surface area contributed by atoms with Gasteiger partial charge in [-0.2, -0.15) is 5.26 Å². The number of esters is 1. The van der Waals surface area contributed by atoms with Crippen molar-refractivity contribution in [1.29, 1.82) is 5.26 Å². The minimum atomic E-state index is -0.442. The zero-order valence-electron chi connectivity index (χ0n) is 14.2. The van der Waals surface area contributed by atoms with Crippen molar-refractivity contribution in [2.45, 2.75) is 33.3 Å². The number of nitriles is 1. The quantitative estimate of drug-likeness (QED) is 0.751. The molecule has 124 valence electrons.